The normalized spacial score (nSPS) is 24.5. The number of piperidine rings is 1. The Morgan fingerprint density at radius 3 is 2.90 bits per heavy atom. The van der Waals surface area contributed by atoms with Gasteiger partial charge >= 0.3 is 6.03 Å². The van der Waals surface area contributed by atoms with E-state index in [4.69, 9.17) is 0 Å². The van der Waals surface area contributed by atoms with Crippen LogP contribution < -0.4 is 5.32 Å². The standard InChI is InChI=1S/C15H24N4O/c1-11(12-5-6-12)16-15(20)19-8-3-4-13(10-19)14-7-9-18(2)17-14/h7,9,11-13H,3-6,8,10H2,1-2H3,(H,16,20)/t11-,13?/m0/s1. The Morgan fingerprint density at radius 1 is 1.45 bits per heavy atom. The van der Waals surface area contributed by atoms with E-state index in [1.807, 2.05) is 22.8 Å². The molecule has 1 aliphatic heterocycles. The van der Waals surface area contributed by atoms with Crippen molar-refractivity contribution < 1.29 is 4.79 Å². The Morgan fingerprint density at radius 2 is 2.25 bits per heavy atom. The second-order valence-corrected chi connectivity index (χ2v) is 6.28. The number of hydrogen-bond acceptors (Lipinski definition) is 2. The van der Waals surface area contributed by atoms with Gasteiger partial charge in [0.25, 0.3) is 0 Å². The van der Waals surface area contributed by atoms with Gasteiger partial charge in [-0.1, -0.05) is 0 Å². The molecule has 0 spiro atoms. The summed E-state index contributed by atoms with van der Waals surface area (Å²) < 4.78 is 1.84. The van der Waals surface area contributed by atoms with Crippen LogP contribution in [-0.2, 0) is 7.05 Å². The second kappa shape index (κ2) is 5.46. The van der Waals surface area contributed by atoms with Crippen LogP contribution in [0.5, 0.6) is 0 Å². The number of rotatable bonds is 3. The fourth-order valence-electron chi connectivity index (χ4n) is 3.05. The summed E-state index contributed by atoms with van der Waals surface area (Å²) in [6.07, 6.45) is 6.69. The summed E-state index contributed by atoms with van der Waals surface area (Å²) >= 11 is 0. The number of aryl methyl sites for hydroxylation is 1. The molecule has 20 heavy (non-hydrogen) atoms. The molecule has 0 bridgehead atoms. The van der Waals surface area contributed by atoms with Crippen LogP contribution in [0.2, 0.25) is 0 Å². The maximum atomic E-state index is 12.3. The Balaban J connectivity index is 1.58. The van der Waals surface area contributed by atoms with E-state index >= 15 is 0 Å². The van der Waals surface area contributed by atoms with E-state index in [-0.39, 0.29) is 6.03 Å². The topological polar surface area (TPSA) is 50.2 Å². The Bertz CT molecular complexity index is 480. The molecule has 1 aromatic heterocycles. The van der Waals surface area contributed by atoms with Crippen molar-refractivity contribution in [3.05, 3.63) is 18.0 Å². The predicted octanol–water partition coefficient (Wildman–Crippen LogP) is 2.11. The number of urea groups is 1. The van der Waals surface area contributed by atoms with E-state index in [9.17, 15) is 4.79 Å². The molecule has 1 aliphatic carbocycles. The van der Waals surface area contributed by atoms with Gasteiger partial charge in [-0.3, -0.25) is 4.68 Å². The average molecular weight is 276 g/mol. The number of carbonyl (C=O) groups excluding carboxylic acids is 1. The van der Waals surface area contributed by atoms with Crippen LogP contribution in [0.15, 0.2) is 12.3 Å². The molecule has 5 nitrogen and oxygen atoms in total. The molecule has 1 unspecified atom stereocenters. The molecule has 1 aromatic rings. The maximum Gasteiger partial charge on any atom is 0.317 e. The minimum Gasteiger partial charge on any atom is -0.335 e. The minimum atomic E-state index is 0.102. The van der Waals surface area contributed by atoms with Crippen molar-refractivity contribution in [1.82, 2.24) is 20.0 Å². The summed E-state index contributed by atoms with van der Waals surface area (Å²) in [5, 5.41) is 7.64. The molecule has 2 aliphatic rings. The van der Waals surface area contributed by atoms with Crippen molar-refractivity contribution in [2.24, 2.45) is 13.0 Å². The number of carbonyl (C=O) groups is 1. The number of hydrogen-bond donors (Lipinski definition) is 1. The van der Waals surface area contributed by atoms with Crippen LogP contribution in [0.1, 0.15) is 44.2 Å². The zero-order valence-electron chi connectivity index (χ0n) is 12.4. The molecule has 0 radical (unpaired) electrons. The van der Waals surface area contributed by atoms with Crippen LogP contribution in [0.25, 0.3) is 0 Å². The number of amides is 2. The van der Waals surface area contributed by atoms with E-state index in [0.717, 1.165) is 31.6 Å². The minimum absolute atomic E-state index is 0.102. The first kappa shape index (κ1) is 13.5. The highest BCUT2D eigenvalue weighted by Gasteiger charge is 2.31. The smallest absolute Gasteiger partial charge is 0.317 e. The van der Waals surface area contributed by atoms with E-state index in [1.165, 1.54) is 12.8 Å². The first-order chi connectivity index (χ1) is 9.63. The quantitative estimate of drug-likeness (QED) is 0.919. The molecule has 1 N–H and O–H groups in total. The zero-order chi connectivity index (χ0) is 14.1. The van der Waals surface area contributed by atoms with Crippen molar-refractivity contribution in [3.63, 3.8) is 0 Å². The summed E-state index contributed by atoms with van der Waals surface area (Å²) in [5.41, 5.74) is 1.11. The van der Waals surface area contributed by atoms with Crippen molar-refractivity contribution in [3.8, 4) is 0 Å². The summed E-state index contributed by atoms with van der Waals surface area (Å²) in [6, 6.07) is 2.49. The maximum absolute atomic E-state index is 12.3. The molecule has 2 atom stereocenters. The summed E-state index contributed by atoms with van der Waals surface area (Å²) in [7, 11) is 1.94. The molecule has 110 valence electrons. The molecular formula is C15H24N4O. The van der Waals surface area contributed by atoms with Gasteiger partial charge in [0.1, 0.15) is 0 Å². The molecule has 3 rings (SSSR count). The summed E-state index contributed by atoms with van der Waals surface area (Å²) in [5.74, 6) is 1.09. The highest BCUT2D eigenvalue weighted by atomic mass is 16.2. The molecule has 0 aromatic carbocycles. The highest BCUT2D eigenvalue weighted by molar-refractivity contribution is 5.74. The lowest BCUT2D eigenvalue weighted by Gasteiger charge is -2.33. The van der Waals surface area contributed by atoms with Gasteiger partial charge in [-0.15, -0.1) is 0 Å². The van der Waals surface area contributed by atoms with Gasteiger partial charge in [-0.25, -0.2) is 4.79 Å². The van der Waals surface area contributed by atoms with Crippen molar-refractivity contribution in [2.75, 3.05) is 13.1 Å². The van der Waals surface area contributed by atoms with Crippen LogP contribution in [0.4, 0.5) is 4.79 Å². The van der Waals surface area contributed by atoms with Gasteiger partial charge in [0, 0.05) is 38.3 Å². The molecule has 1 saturated heterocycles. The van der Waals surface area contributed by atoms with Gasteiger partial charge in [-0.2, -0.15) is 5.10 Å². The van der Waals surface area contributed by atoms with Gasteiger partial charge in [-0.05, 0) is 44.6 Å². The van der Waals surface area contributed by atoms with Crippen molar-refractivity contribution >= 4 is 6.03 Å². The lowest BCUT2D eigenvalue weighted by Crippen LogP contribution is -2.48. The third-order valence-corrected chi connectivity index (χ3v) is 4.54. The molecule has 1 saturated carbocycles. The average Bonchev–Trinajstić information content (AvgIpc) is 3.21. The number of likely N-dealkylation sites (tertiary alicyclic amines) is 1. The van der Waals surface area contributed by atoms with E-state index in [0.29, 0.717) is 17.9 Å². The van der Waals surface area contributed by atoms with Crippen LogP contribution in [-0.4, -0.2) is 39.8 Å². The van der Waals surface area contributed by atoms with Crippen LogP contribution >= 0.6 is 0 Å². The van der Waals surface area contributed by atoms with Crippen molar-refractivity contribution in [2.45, 2.75) is 44.6 Å². The molecule has 2 fully saturated rings. The number of nitrogens with zero attached hydrogens (tertiary/aromatic N) is 3. The third-order valence-electron chi connectivity index (χ3n) is 4.54. The van der Waals surface area contributed by atoms with Gasteiger partial charge < -0.3 is 10.2 Å². The van der Waals surface area contributed by atoms with E-state index in [2.05, 4.69) is 23.4 Å². The van der Waals surface area contributed by atoms with Gasteiger partial charge in [0.05, 0.1) is 5.69 Å². The Kier molecular flexibility index (Phi) is 3.68. The Hall–Kier alpha value is -1.52. The largest absolute Gasteiger partial charge is 0.335 e. The molecule has 2 heterocycles. The molecular weight excluding hydrogens is 252 g/mol. The van der Waals surface area contributed by atoms with Gasteiger partial charge in [0.2, 0.25) is 0 Å². The summed E-state index contributed by atoms with van der Waals surface area (Å²) in [4.78, 5) is 14.3. The monoisotopic (exact) mass is 276 g/mol. The fourth-order valence-corrected chi connectivity index (χ4v) is 3.05. The zero-order valence-corrected chi connectivity index (χ0v) is 12.4. The highest BCUT2D eigenvalue weighted by Crippen LogP contribution is 2.32. The first-order valence-electron chi connectivity index (χ1n) is 7.68. The number of aromatic nitrogens is 2. The predicted molar refractivity (Wildman–Crippen MR) is 77.5 cm³/mol. The van der Waals surface area contributed by atoms with E-state index in [1.54, 1.807) is 0 Å². The third kappa shape index (κ3) is 2.97. The second-order valence-electron chi connectivity index (χ2n) is 6.28. The molecule has 2 amide bonds. The fraction of sp³-hybridized carbons (Fsp3) is 0.733. The number of nitrogens with one attached hydrogen (secondary N) is 1. The van der Waals surface area contributed by atoms with Crippen LogP contribution in [0, 0.1) is 5.92 Å². The lowest BCUT2D eigenvalue weighted by molar-refractivity contribution is 0.174. The summed E-state index contributed by atoms with van der Waals surface area (Å²) in [6.45, 7) is 3.78. The van der Waals surface area contributed by atoms with Gasteiger partial charge in [0.15, 0.2) is 0 Å². The Labute approximate surface area is 120 Å². The lowest BCUT2D eigenvalue weighted by atomic mass is 9.95. The SMILES string of the molecule is C[C@H](NC(=O)N1CCCC(c2ccn(C)n2)C1)C1CC1. The van der Waals surface area contributed by atoms with E-state index < -0.39 is 0 Å². The first-order valence-corrected chi connectivity index (χ1v) is 7.68. The van der Waals surface area contributed by atoms with Crippen molar-refractivity contribution in [1.29, 1.82) is 0 Å². The van der Waals surface area contributed by atoms with Crippen LogP contribution in [0.3, 0.4) is 0 Å². The molecule has 5 heteroatoms.